The maximum absolute atomic E-state index is 9.40. The van der Waals surface area contributed by atoms with Gasteiger partial charge in [-0.25, -0.2) is 0 Å². The minimum Gasteiger partial charge on any atom is -0.310 e. The van der Waals surface area contributed by atoms with E-state index in [0.717, 1.165) is 33.6 Å². The van der Waals surface area contributed by atoms with Crippen molar-refractivity contribution in [2.75, 3.05) is 4.90 Å². The molecular formula is C48H34N2. The fraction of sp³-hybridized carbons (Fsp3) is 0.0625. The smallest absolute Gasteiger partial charge is 0.0991 e. The van der Waals surface area contributed by atoms with E-state index >= 15 is 0 Å². The summed E-state index contributed by atoms with van der Waals surface area (Å²) in [5.74, 6) is 0. The van der Waals surface area contributed by atoms with Crippen LogP contribution in [0.15, 0.2) is 158 Å². The van der Waals surface area contributed by atoms with E-state index in [2.05, 4.69) is 164 Å². The molecule has 236 valence electrons. The summed E-state index contributed by atoms with van der Waals surface area (Å²) in [5, 5.41) is 17.2. The fourth-order valence-corrected chi connectivity index (χ4v) is 7.88. The van der Waals surface area contributed by atoms with Crippen molar-refractivity contribution in [1.29, 1.82) is 5.26 Å². The predicted octanol–water partition coefficient (Wildman–Crippen LogP) is 13.0. The van der Waals surface area contributed by atoms with Crippen molar-refractivity contribution in [3.63, 3.8) is 0 Å². The van der Waals surface area contributed by atoms with Gasteiger partial charge in [-0.3, -0.25) is 0 Å². The van der Waals surface area contributed by atoms with Gasteiger partial charge in [0.05, 0.1) is 17.3 Å². The summed E-state index contributed by atoms with van der Waals surface area (Å²) in [4.78, 5) is 2.26. The minimum absolute atomic E-state index is 0.0292. The average molecular weight is 639 g/mol. The predicted molar refractivity (Wildman–Crippen MR) is 211 cm³/mol. The summed E-state index contributed by atoms with van der Waals surface area (Å²) in [7, 11) is 0. The van der Waals surface area contributed by atoms with Crippen LogP contribution in [0.5, 0.6) is 0 Å². The van der Waals surface area contributed by atoms with Crippen LogP contribution in [0.2, 0.25) is 0 Å². The topological polar surface area (TPSA) is 27.0 Å². The lowest BCUT2D eigenvalue weighted by atomic mass is 9.81. The second-order valence-electron chi connectivity index (χ2n) is 13.7. The van der Waals surface area contributed by atoms with Crippen molar-refractivity contribution < 1.29 is 0 Å². The number of hydrogen-bond acceptors (Lipinski definition) is 2. The maximum atomic E-state index is 9.40. The zero-order valence-corrected chi connectivity index (χ0v) is 28.1. The molecule has 1 aliphatic rings. The highest BCUT2D eigenvalue weighted by molar-refractivity contribution is 6.15. The quantitative estimate of drug-likeness (QED) is 0.134. The summed E-state index contributed by atoms with van der Waals surface area (Å²) < 4.78 is 0. The second-order valence-corrected chi connectivity index (χ2v) is 13.7. The van der Waals surface area contributed by atoms with E-state index in [0.29, 0.717) is 5.56 Å². The Morgan fingerprint density at radius 3 is 2.02 bits per heavy atom. The van der Waals surface area contributed by atoms with Crippen molar-refractivity contribution in [1.82, 2.24) is 0 Å². The van der Waals surface area contributed by atoms with Crippen molar-refractivity contribution in [3.8, 4) is 17.2 Å². The number of benzene rings is 8. The lowest BCUT2D eigenvalue weighted by Gasteiger charge is -2.27. The molecule has 0 saturated heterocycles. The third kappa shape index (κ3) is 4.79. The summed E-state index contributed by atoms with van der Waals surface area (Å²) in [5.41, 5.74) is 11.4. The van der Waals surface area contributed by atoms with Crippen LogP contribution in [0.1, 0.15) is 41.7 Å². The van der Waals surface area contributed by atoms with Crippen LogP contribution in [-0.2, 0) is 5.41 Å². The largest absolute Gasteiger partial charge is 0.310 e. The van der Waals surface area contributed by atoms with Crippen molar-refractivity contribution in [3.05, 3.63) is 186 Å². The van der Waals surface area contributed by atoms with Gasteiger partial charge in [-0.15, -0.1) is 0 Å². The fourth-order valence-electron chi connectivity index (χ4n) is 7.88. The molecule has 50 heavy (non-hydrogen) atoms. The van der Waals surface area contributed by atoms with E-state index in [-0.39, 0.29) is 5.41 Å². The highest BCUT2D eigenvalue weighted by Crippen LogP contribution is 2.50. The molecule has 1 aliphatic carbocycles. The lowest BCUT2D eigenvalue weighted by molar-refractivity contribution is 0.663. The Morgan fingerprint density at radius 2 is 1.24 bits per heavy atom. The Balaban J connectivity index is 1.05. The van der Waals surface area contributed by atoms with Crippen LogP contribution in [-0.4, -0.2) is 0 Å². The molecular weight excluding hydrogens is 605 g/mol. The van der Waals surface area contributed by atoms with E-state index in [9.17, 15) is 5.26 Å². The molecule has 9 rings (SSSR count). The van der Waals surface area contributed by atoms with E-state index in [4.69, 9.17) is 0 Å². The molecule has 2 heteroatoms. The highest BCUT2D eigenvalue weighted by Gasteiger charge is 2.34. The average Bonchev–Trinajstić information content (AvgIpc) is 3.41. The molecule has 0 fully saturated rings. The number of rotatable bonds is 6. The molecule has 0 saturated carbocycles. The molecule has 0 radical (unpaired) electrons. The normalized spacial score (nSPS) is 13.1. The van der Waals surface area contributed by atoms with Gasteiger partial charge in [0.25, 0.3) is 0 Å². The molecule has 0 N–H and O–H groups in total. The van der Waals surface area contributed by atoms with Crippen LogP contribution < -0.4 is 4.90 Å². The molecule has 8 aromatic carbocycles. The summed E-state index contributed by atoms with van der Waals surface area (Å²) in [6, 6.07) is 58.4. The standard InChI is InChI=1S/C48H34N2/c1-48(2)43-14-8-9-36-23-24-37-29-38(30-44(48)47(37)46(36)43)34-20-15-32(16-21-34)17-22-35-25-28-45(42-13-7-6-12-41(35)42)50(39-10-4-3-5-11-39)40-26-18-33(31-49)19-27-40/h3-30H,1-2H3/b22-17+. The first-order chi connectivity index (χ1) is 24.5. The van der Waals surface area contributed by atoms with Crippen LogP contribution in [0, 0.1) is 11.3 Å². The third-order valence-electron chi connectivity index (χ3n) is 10.4. The highest BCUT2D eigenvalue weighted by atomic mass is 15.1. The number of nitriles is 1. The molecule has 0 aliphatic heterocycles. The number of para-hydroxylation sites is 1. The molecule has 0 spiro atoms. The van der Waals surface area contributed by atoms with Gasteiger partial charge < -0.3 is 4.90 Å². The summed E-state index contributed by atoms with van der Waals surface area (Å²) >= 11 is 0. The molecule has 0 atom stereocenters. The summed E-state index contributed by atoms with van der Waals surface area (Å²) in [6.07, 6.45) is 4.43. The van der Waals surface area contributed by atoms with Crippen molar-refractivity contribution in [2.45, 2.75) is 19.3 Å². The van der Waals surface area contributed by atoms with Crippen LogP contribution >= 0.6 is 0 Å². The first-order valence-corrected chi connectivity index (χ1v) is 17.2. The molecule has 2 nitrogen and oxygen atoms in total. The van der Waals surface area contributed by atoms with Gasteiger partial charge in [-0.1, -0.05) is 129 Å². The molecule has 0 unspecified atom stereocenters. The molecule has 8 aromatic rings. The minimum atomic E-state index is -0.0292. The Bertz CT molecular complexity index is 2660. The Morgan fingerprint density at radius 1 is 0.540 bits per heavy atom. The van der Waals surface area contributed by atoms with Gasteiger partial charge in [-0.2, -0.15) is 5.26 Å². The first kappa shape index (κ1) is 29.7. The van der Waals surface area contributed by atoms with Gasteiger partial charge in [0.15, 0.2) is 0 Å². The monoisotopic (exact) mass is 638 g/mol. The van der Waals surface area contributed by atoms with Crippen LogP contribution in [0.4, 0.5) is 17.1 Å². The van der Waals surface area contributed by atoms with Gasteiger partial charge in [-0.05, 0) is 115 Å². The number of hydrogen-bond donors (Lipinski definition) is 0. The SMILES string of the molecule is CC1(C)c2cccc3ccc4cc(-c5ccc(/C=C/c6ccc(N(c7ccccc7)c7ccc(C#N)cc7)c7ccccc67)cc5)cc1c4c23. The van der Waals surface area contributed by atoms with Crippen LogP contribution in [0.25, 0.3) is 55.6 Å². The van der Waals surface area contributed by atoms with Gasteiger partial charge in [0, 0.05) is 22.2 Å². The Kier molecular flexibility index (Phi) is 6.90. The van der Waals surface area contributed by atoms with Gasteiger partial charge >= 0.3 is 0 Å². The van der Waals surface area contributed by atoms with E-state index in [1.165, 1.54) is 49.2 Å². The molecule has 0 heterocycles. The van der Waals surface area contributed by atoms with Gasteiger partial charge in [0.1, 0.15) is 0 Å². The van der Waals surface area contributed by atoms with E-state index in [1.807, 2.05) is 30.3 Å². The Labute approximate surface area is 292 Å². The number of fused-ring (bicyclic) bond motifs is 1. The number of anilines is 3. The van der Waals surface area contributed by atoms with Gasteiger partial charge in [0.2, 0.25) is 0 Å². The number of nitrogens with zero attached hydrogens (tertiary/aromatic N) is 2. The zero-order chi connectivity index (χ0) is 33.8. The van der Waals surface area contributed by atoms with Crippen molar-refractivity contribution in [2.24, 2.45) is 0 Å². The second kappa shape index (κ2) is 11.6. The first-order valence-electron chi connectivity index (χ1n) is 17.2. The molecule has 0 aromatic heterocycles. The molecule has 0 bridgehead atoms. The zero-order valence-electron chi connectivity index (χ0n) is 28.1. The van der Waals surface area contributed by atoms with Crippen molar-refractivity contribution >= 4 is 61.5 Å². The summed E-state index contributed by atoms with van der Waals surface area (Å²) in [6.45, 7) is 4.72. The van der Waals surface area contributed by atoms with E-state index in [1.54, 1.807) is 0 Å². The lowest BCUT2D eigenvalue weighted by Crippen LogP contribution is -2.15. The Hall–Kier alpha value is -6.43. The third-order valence-corrected chi connectivity index (χ3v) is 10.4. The van der Waals surface area contributed by atoms with Crippen LogP contribution in [0.3, 0.4) is 0 Å². The van der Waals surface area contributed by atoms with E-state index < -0.39 is 0 Å². The maximum Gasteiger partial charge on any atom is 0.0991 e. The molecule has 0 amide bonds.